The molecule has 0 spiro atoms. The minimum atomic E-state index is -4.28. The second-order valence-electron chi connectivity index (χ2n) is 2.43. The Kier molecular flexibility index (Phi) is 7.73. The van der Waals surface area contributed by atoms with Gasteiger partial charge < -0.3 is 4.74 Å². The fourth-order valence-corrected chi connectivity index (χ4v) is 2.21. The molecule has 0 radical (unpaired) electrons. The zero-order valence-corrected chi connectivity index (χ0v) is 12.4. The van der Waals surface area contributed by atoms with E-state index >= 15 is 0 Å². The van der Waals surface area contributed by atoms with Crippen LogP contribution in [0.2, 0.25) is 0 Å². The molecule has 0 saturated carbocycles. The summed E-state index contributed by atoms with van der Waals surface area (Å²) in [7, 11) is -2.91. The molecule has 11 heteroatoms. The van der Waals surface area contributed by atoms with Crippen LogP contribution in [0.25, 0.3) is 0 Å². The Morgan fingerprint density at radius 2 is 1.89 bits per heavy atom. The Balaban J connectivity index is 0.000000344. The second kappa shape index (κ2) is 8.46. The van der Waals surface area contributed by atoms with Crippen LogP contribution in [-0.2, 0) is 24.5 Å². The van der Waals surface area contributed by atoms with E-state index < -0.39 is 10.2 Å². The number of thiophene rings is 1. The van der Waals surface area contributed by atoms with Crippen molar-refractivity contribution in [2.75, 3.05) is 7.11 Å². The highest BCUT2D eigenvalue weighted by Gasteiger charge is 2.06. The molecule has 0 aliphatic rings. The summed E-state index contributed by atoms with van der Waals surface area (Å²) in [6.07, 6.45) is 1.41. The van der Waals surface area contributed by atoms with Crippen molar-refractivity contribution in [3.05, 3.63) is 20.8 Å². The van der Waals surface area contributed by atoms with Crippen LogP contribution in [0.5, 0.6) is 0 Å². The van der Waals surface area contributed by atoms with Crippen LogP contribution in [0.4, 0.5) is 0 Å². The number of halogens is 1. The van der Waals surface area contributed by atoms with Crippen LogP contribution in [0.15, 0.2) is 24.7 Å². The molecule has 1 aromatic heterocycles. The number of carbonyl (C=O) groups is 1. The van der Waals surface area contributed by atoms with E-state index in [0.717, 1.165) is 4.47 Å². The van der Waals surface area contributed by atoms with E-state index in [-0.39, 0.29) is 5.97 Å². The first-order valence-corrected chi connectivity index (χ1v) is 7.18. The molecule has 1 rings (SSSR count). The lowest BCUT2D eigenvalue weighted by Crippen LogP contribution is -1.96. The van der Waals surface area contributed by atoms with E-state index in [1.165, 1.54) is 18.4 Å². The minimum absolute atomic E-state index is 0.282. The third kappa shape index (κ3) is 7.39. The highest BCUT2D eigenvalue weighted by Crippen LogP contribution is 2.19. The van der Waals surface area contributed by atoms with E-state index in [4.69, 9.17) is 0 Å². The van der Waals surface area contributed by atoms with Gasteiger partial charge in [-0.25, -0.2) is 14.4 Å². The van der Waals surface area contributed by atoms with Gasteiger partial charge in [-0.1, -0.05) is 8.80 Å². The standard InChI is InChI=1S/C6H5BrO2S.C2N2O4S/c1-9-6(8)5-2-4(7)3-10-5;5-1-3-9(7,8)4-2-6/h2-3H,1H3;. The maximum absolute atomic E-state index is 10.8. The summed E-state index contributed by atoms with van der Waals surface area (Å²) in [4.78, 5) is 29.9. The molecule has 0 N–H and O–H groups in total. The third-order valence-corrected chi connectivity index (χ3v) is 3.54. The molecule has 1 heterocycles. The van der Waals surface area contributed by atoms with Crippen molar-refractivity contribution >= 4 is 55.6 Å². The Hall–Kier alpha value is -1.64. The Labute approximate surface area is 120 Å². The number of isocyanates is 2. The monoisotopic (exact) mass is 368 g/mol. The van der Waals surface area contributed by atoms with Gasteiger partial charge in [0.05, 0.1) is 7.11 Å². The minimum Gasteiger partial charge on any atom is -0.465 e. The molecule has 8 nitrogen and oxygen atoms in total. The average Bonchev–Trinajstić information content (AvgIpc) is 2.75. The lowest BCUT2D eigenvalue weighted by Gasteiger charge is -1.90. The van der Waals surface area contributed by atoms with Gasteiger partial charge in [-0.05, 0) is 22.0 Å². The summed E-state index contributed by atoms with van der Waals surface area (Å²) in [5, 5.41) is 1.84. The molecule has 102 valence electrons. The quantitative estimate of drug-likeness (QED) is 0.449. The highest BCUT2D eigenvalue weighted by molar-refractivity contribution is 9.10. The molecule has 0 fully saturated rings. The molecule has 0 bridgehead atoms. The van der Waals surface area contributed by atoms with Crippen LogP contribution in [0, 0.1) is 0 Å². The summed E-state index contributed by atoms with van der Waals surface area (Å²) in [5.74, 6) is -0.282. The first kappa shape index (κ1) is 17.4. The van der Waals surface area contributed by atoms with Gasteiger partial charge in [0, 0.05) is 9.85 Å². The lowest BCUT2D eigenvalue weighted by atomic mass is 10.5. The molecule has 0 aromatic carbocycles. The number of nitrogens with zero attached hydrogens (tertiary/aromatic N) is 2. The predicted octanol–water partition coefficient (Wildman–Crippen LogP) is 1.20. The molecule has 0 saturated heterocycles. The number of esters is 1. The molecule has 0 aliphatic carbocycles. The first-order chi connectivity index (χ1) is 8.86. The smallest absolute Gasteiger partial charge is 0.383 e. The van der Waals surface area contributed by atoms with Crippen molar-refractivity contribution in [2.45, 2.75) is 0 Å². The molecule has 0 atom stereocenters. The zero-order valence-electron chi connectivity index (χ0n) is 9.19. The number of rotatable bonds is 3. The molecule has 19 heavy (non-hydrogen) atoms. The van der Waals surface area contributed by atoms with Crippen LogP contribution in [-0.4, -0.2) is 33.7 Å². The van der Waals surface area contributed by atoms with Gasteiger partial charge in [-0.2, -0.15) is 8.42 Å². The highest BCUT2D eigenvalue weighted by atomic mass is 79.9. The number of hydrogen-bond acceptors (Lipinski definition) is 7. The van der Waals surface area contributed by atoms with Crippen LogP contribution in [0.3, 0.4) is 0 Å². The summed E-state index contributed by atoms with van der Waals surface area (Å²) in [5.41, 5.74) is 0. The van der Waals surface area contributed by atoms with Gasteiger partial charge in [-0.3, -0.25) is 0 Å². The Morgan fingerprint density at radius 3 is 2.21 bits per heavy atom. The Bertz CT molecular complexity index is 616. The van der Waals surface area contributed by atoms with E-state index in [2.05, 4.69) is 29.5 Å². The van der Waals surface area contributed by atoms with Crippen molar-refractivity contribution in [1.29, 1.82) is 0 Å². The van der Waals surface area contributed by atoms with Gasteiger partial charge in [-0.15, -0.1) is 11.3 Å². The van der Waals surface area contributed by atoms with E-state index in [0.29, 0.717) is 17.0 Å². The molecular formula is C8H5BrN2O6S2. The van der Waals surface area contributed by atoms with E-state index in [1.54, 1.807) is 6.07 Å². The topological polar surface area (TPSA) is 119 Å². The van der Waals surface area contributed by atoms with Gasteiger partial charge in [0.2, 0.25) is 0 Å². The van der Waals surface area contributed by atoms with E-state index in [1.807, 2.05) is 5.38 Å². The predicted molar refractivity (Wildman–Crippen MR) is 68.5 cm³/mol. The molecular weight excluding hydrogens is 364 g/mol. The number of carbonyl (C=O) groups excluding carboxylic acids is 3. The van der Waals surface area contributed by atoms with Gasteiger partial charge in [0.25, 0.3) is 12.2 Å². The normalized spacial score (nSPS) is 9.16. The summed E-state index contributed by atoms with van der Waals surface area (Å²) in [6.45, 7) is 0. The molecule has 0 aliphatic heterocycles. The van der Waals surface area contributed by atoms with Crippen molar-refractivity contribution in [2.24, 2.45) is 8.80 Å². The molecule has 1 aromatic rings. The second-order valence-corrected chi connectivity index (χ2v) is 5.52. The van der Waals surface area contributed by atoms with Crippen LogP contribution in [0.1, 0.15) is 9.67 Å². The van der Waals surface area contributed by atoms with Gasteiger partial charge in [0.1, 0.15) is 4.88 Å². The largest absolute Gasteiger partial charge is 0.465 e. The van der Waals surface area contributed by atoms with E-state index in [9.17, 15) is 22.8 Å². The maximum Gasteiger partial charge on any atom is 0.383 e. The summed E-state index contributed by atoms with van der Waals surface area (Å²) >= 11 is 4.59. The fourth-order valence-electron chi connectivity index (χ4n) is 0.635. The van der Waals surface area contributed by atoms with Crippen molar-refractivity contribution in [3.63, 3.8) is 0 Å². The fraction of sp³-hybridized carbons (Fsp3) is 0.125. The van der Waals surface area contributed by atoms with Gasteiger partial charge in [0.15, 0.2) is 0 Å². The maximum atomic E-state index is 10.8. The Morgan fingerprint density at radius 1 is 1.37 bits per heavy atom. The SMILES string of the molecule is COC(=O)c1cc(Br)cs1.O=C=NS(=O)(=O)N=C=O. The molecule has 0 amide bonds. The third-order valence-electron chi connectivity index (χ3n) is 1.26. The van der Waals surface area contributed by atoms with Crippen LogP contribution >= 0.6 is 27.3 Å². The van der Waals surface area contributed by atoms with Crippen LogP contribution < -0.4 is 0 Å². The zero-order chi connectivity index (χ0) is 14.9. The van der Waals surface area contributed by atoms with Crippen molar-refractivity contribution in [1.82, 2.24) is 0 Å². The summed E-state index contributed by atoms with van der Waals surface area (Å²) < 4.78 is 29.7. The van der Waals surface area contributed by atoms with Crippen molar-refractivity contribution in [3.8, 4) is 0 Å². The van der Waals surface area contributed by atoms with Crippen molar-refractivity contribution < 1.29 is 27.5 Å². The number of hydrogen-bond donors (Lipinski definition) is 0. The average molecular weight is 369 g/mol. The van der Waals surface area contributed by atoms with Gasteiger partial charge >= 0.3 is 16.2 Å². The number of methoxy groups -OCH3 is 1. The first-order valence-electron chi connectivity index (χ1n) is 4.12. The number of ether oxygens (including phenoxy) is 1. The lowest BCUT2D eigenvalue weighted by molar-refractivity contribution is 0.0606. The molecule has 0 unspecified atom stereocenters. The summed E-state index contributed by atoms with van der Waals surface area (Å²) in [6, 6.07) is 1.73.